The number of nitrogens with one attached hydrogen (secondary N) is 1. The van der Waals surface area contributed by atoms with Crippen molar-refractivity contribution in [3.05, 3.63) is 80.4 Å². The molecule has 4 rings (SSSR count). The fourth-order valence-electron chi connectivity index (χ4n) is 3.64. The van der Waals surface area contributed by atoms with Crippen LogP contribution in [-0.2, 0) is 23.0 Å². The average molecular weight is 585 g/mol. The van der Waals surface area contributed by atoms with Crippen LogP contribution in [0.5, 0.6) is 0 Å². The summed E-state index contributed by atoms with van der Waals surface area (Å²) in [5, 5.41) is 2.92. The first-order chi connectivity index (χ1) is 16.2. The fraction of sp³-hybridized carbons (Fsp3) is 0.217. The predicted octanol–water partition coefficient (Wildman–Crippen LogP) is 6.16. The van der Waals surface area contributed by atoms with Gasteiger partial charge in [-0.2, -0.15) is 0 Å². The van der Waals surface area contributed by atoms with Gasteiger partial charge in [-0.05, 0) is 47.7 Å². The number of thiophene rings is 1. The number of amides is 1. The number of sulfonamides is 1. The lowest BCUT2D eigenvalue weighted by molar-refractivity contribution is 0.0972. The first-order valence-corrected chi connectivity index (χ1v) is 14.0. The summed E-state index contributed by atoms with van der Waals surface area (Å²) in [5.41, 5.74) is 0.889. The highest BCUT2D eigenvalue weighted by Crippen LogP contribution is 2.34. The summed E-state index contributed by atoms with van der Waals surface area (Å²) < 4.78 is 44.7. The Morgan fingerprint density at radius 1 is 1.26 bits per heavy atom. The standard InChI is InChI=1S/C23H20BrClFN3O3S2/c1-2-3-10-19-27-22(25)21(23(30)28-34(31,32)16-7-4-6-15(26)11-16)29(19)12-14-13-33-18-9-5-8-17(24)20(14)18/h4-9,11,13H,2-3,10,12H2,1H3,(H,28,30). The molecule has 2 heterocycles. The molecule has 6 nitrogen and oxygen atoms in total. The number of carbonyl (C=O) groups excluding carboxylic acids is 1. The minimum absolute atomic E-state index is 0.0563. The van der Waals surface area contributed by atoms with Gasteiger partial charge in [0.25, 0.3) is 15.9 Å². The number of fused-ring (bicyclic) bond motifs is 1. The Balaban J connectivity index is 1.75. The molecule has 4 aromatic rings. The Kier molecular flexibility index (Phi) is 7.42. The number of hydrogen-bond donors (Lipinski definition) is 1. The second-order valence-electron chi connectivity index (χ2n) is 7.62. The van der Waals surface area contributed by atoms with Gasteiger partial charge < -0.3 is 4.57 Å². The SMILES string of the molecule is CCCCc1nc(Cl)c(C(=O)NS(=O)(=O)c2cccc(F)c2)n1Cc1csc2cccc(Br)c12. The third kappa shape index (κ3) is 5.05. The number of carbonyl (C=O) groups is 1. The number of halogens is 3. The molecule has 0 aliphatic carbocycles. The van der Waals surface area contributed by atoms with Gasteiger partial charge in [-0.1, -0.05) is 53.0 Å². The molecule has 2 aromatic heterocycles. The van der Waals surface area contributed by atoms with Crippen LogP contribution in [-0.4, -0.2) is 23.9 Å². The predicted molar refractivity (Wildman–Crippen MR) is 136 cm³/mol. The molecule has 0 fully saturated rings. The zero-order valence-corrected chi connectivity index (χ0v) is 22.0. The van der Waals surface area contributed by atoms with Crippen molar-refractivity contribution in [2.45, 2.75) is 37.6 Å². The third-order valence-electron chi connectivity index (χ3n) is 5.26. The summed E-state index contributed by atoms with van der Waals surface area (Å²) in [6, 6.07) is 10.3. The number of aromatic nitrogens is 2. The smallest absolute Gasteiger partial charge is 0.284 e. The Morgan fingerprint density at radius 2 is 2.03 bits per heavy atom. The summed E-state index contributed by atoms with van der Waals surface area (Å²) in [6.07, 6.45) is 2.31. The molecule has 11 heteroatoms. The molecule has 0 saturated carbocycles. The molecular weight excluding hydrogens is 565 g/mol. The van der Waals surface area contributed by atoms with Crippen LogP contribution < -0.4 is 4.72 Å². The minimum atomic E-state index is -4.32. The van der Waals surface area contributed by atoms with Crippen molar-refractivity contribution in [3.8, 4) is 0 Å². The average Bonchev–Trinajstić information content (AvgIpc) is 3.33. The van der Waals surface area contributed by atoms with E-state index in [2.05, 4.69) is 20.9 Å². The monoisotopic (exact) mass is 583 g/mol. The van der Waals surface area contributed by atoms with Gasteiger partial charge in [0, 0.05) is 21.0 Å². The Morgan fingerprint density at radius 3 is 2.76 bits per heavy atom. The van der Waals surface area contributed by atoms with Gasteiger partial charge >= 0.3 is 0 Å². The van der Waals surface area contributed by atoms with E-state index in [9.17, 15) is 17.6 Å². The number of benzene rings is 2. The van der Waals surface area contributed by atoms with Gasteiger partial charge in [-0.15, -0.1) is 11.3 Å². The van der Waals surface area contributed by atoms with Crippen molar-refractivity contribution >= 4 is 64.9 Å². The van der Waals surface area contributed by atoms with Gasteiger partial charge in [0.15, 0.2) is 5.15 Å². The van der Waals surface area contributed by atoms with E-state index in [1.165, 1.54) is 12.1 Å². The van der Waals surface area contributed by atoms with Crippen LogP contribution >= 0.6 is 38.9 Å². The van der Waals surface area contributed by atoms with E-state index in [1.54, 1.807) is 15.9 Å². The zero-order valence-electron chi connectivity index (χ0n) is 18.0. The normalized spacial score (nSPS) is 11.8. The largest absolute Gasteiger partial charge is 0.318 e. The lowest BCUT2D eigenvalue weighted by Gasteiger charge is -2.13. The van der Waals surface area contributed by atoms with E-state index in [-0.39, 0.29) is 22.3 Å². The second-order valence-corrected chi connectivity index (χ2v) is 11.4. The van der Waals surface area contributed by atoms with Gasteiger partial charge in [0.05, 0.1) is 11.4 Å². The molecule has 178 valence electrons. The van der Waals surface area contributed by atoms with Gasteiger partial charge in [-0.25, -0.2) is 22.5 Å². The van der Waals surface area contributed by atoms with E-state index >= 15 is 0 Å². The fourth-order valence-corrected chi connectivity index (χ4v) is 6.64. The van der Waals surface area contributed by atoms with Gasteiger partial charge in [0.2, 0.25) is 0 Å². The van der Waals surface area contributed by atoms with Crippen LogP contribution in [0.1, 0.15) is 41.6 Å². The van der Waals surface area contributed by atoms with Crippen molar-refractivity contribution in [3.63, 3.8) is 0 Å². The lowest BCUT2D eigenvalue weighted by Crippen LogP contribution is -2.32. The topological polar surface area (TPSA) is 81.1 Å². The summed E-state index contributed by atoms with van der Waals surface area (Å²) in [7, 11) is -4.32. The minimum Gasteiger partial charge on any atom is -0.318 e. The van der Waals surface area contributed by atoms with Crippen molar-refractivity contribution in [1.82, 2.24) is 14.3 Å². The van der Waals surface area contributed by atoms with Crippen LogP contribution in [0.4, 0.5) is 4.39 Å². The van der Waals surface area contributed by atoms with Crippen LogP contribution in [0, 0.1) is 5.82 Å². The summed E-state index contributed by atoms with van der Waals surface area (Å²) in [6.45, 7) is 2.32. The number of hydrogen-bond acceptors (Lipinski definition) is 5. The molecule has 34 heavy (non-hydrogen) atoms. The van der Waals surface area contributed by atoms with E-state index in [4.69, 9.17) is 11.6 Å². The van der Waals surface area contributed by atoms with E-state index in [0.29, 0.717) is 12.2 Å². The quantitative estimate of drug-likeness (QED) is 0.269. The van der Waals surface area contributed by atoms with Gasteiger partial charge in [-0.3, -0.25) is 4.79 Å². The second kappa shape index (κ2) is 10.2. The molecule has 0 unspecified atom stereocenters. The lowest BCUT2D eigenvalue weighted by atomic mass is 10.1. The highest BCUT2D eigenvalue weighted by Gasteiger charge is 2.27. The molecular formula is C23H20BrClFN3O3S2. The van der Waals surface area contributed by atoms with Gasteiger partial charge in [0.1, 0.15) is 17.3 Å². The molecule has 0 bridgehead atoms. The van der Waals surface area contributed by atoms with Crippen molar-refractivity contribution in [2.75, 3.05) is 0 Å². The van der Waals surface area contributed by atoms with Crippen LogP contribution in [0.2, 0.25) is 5.15 Å². The molecule has 0 saturated heterocycles. The zero-order chi connectivity index (χ0) is 24.5. The first-order valence-electron chi connectivity index (χ1n) is 10.4. The Labute approximate surface area is 214 Å². The highest BCUT2D eigenvalue weighted by molar-refractivity contribution is 9.10. The first kappa shape index (κ1) is 24.8. The summed E-state index contributed by atoms with van der Waals surface area (Å²) in [4.78, 5) is 17.2. The molecule has 0 aliphatic heterocycles. The molecule has 1 N–H and O–H groups in total. The van der Waals surface area contributed by atoms with Crippen LogP contribution in [0.15, 0.2) is 57.2 Å². The maximum atomic E-state index is 13.6. The van der Waals surface area contributed by atoms with Crippen molar-refractivity contribution < 1.29 is 17.6 Å². The Hall–Kier alpha value is -2.27. The molecule has 2 aromatic carbocycles. The van der Waals surface area contributed by atoms with E-state index in [1.807, 2.05) is 35.2 Å². The molecule has 1 amide bonds. The molecule has 0 atom stereocenters. The number of rotatable bonds is 8. The van der Waals surface area contributed by atoms with E-state index in [0.717, 1.165) is 45.1 Å². The number of nitrogens with zero attached hydrogens (tertiary/aromatic N) is 2. The molecule has 0 aliphatic rings. The number of imidazole rings is 1. The maximum Gasteiger partial charge on any atom is 0.284 e. The highest BCUT2D eigenvalue weighted by atomic mass is 79.9. The van der Waals surface area contributed by atoms with E-state index < -0.39 is 21.7 Å². The maximum absolute atomic E-state index is 13.6. The summed E-state index contributed by atoms with van der Waals surface area (Å²) in [5.74, 6) is -1.06. The van der Waals surface area contributed by atoms with Crippen molar-refractivity contribution in [2.24, 2.45) is 0 Å². The molecule has 0 spiro atoms. The third-order valence-corrected chi connectivity index (χ3v) is 8.51. The van der Waals surface area contributed by atoms with Crippen LogP contribution in [0.3, 0.4) is 0 Å². The van der Waals surface area contributed by atoms with Crippen LogP contribution in [0.25, 0.3) is 10.1 Å². The summed E-state index contributed by atoms with van der Waals surface area (Å²) >= 11 is 11.5. The molecule has 0 radical (unpaired) electrons. The number of aryl methyl sites for hydroxylation is 1. The van der Waals surface area contributed by atoms with Crippen molar-refractivity contribution in [1.29, 1.82) is 0 Å². The Bertz CT molecular complexity index is 1480. The number of unbranched alkanes of at least 4 members (excludes halogenated alkanes) is 1.